The van der Waals surface area contributed by atoms with Crippen LogP contribution in [-0.2, 0) is 11.2 Å². The van der Waals surface area contributed by atoms with Gasteiger partial charge in [0.25, 0.3) is 5.91 Å². The van der Waals surface area contributed by atoms with E-state index in [2.05, 4.69) is 5.32 Å². The van der Waals surface area contributed by atoms with Crippen LogP contribution in [0.5, 0.6) is 0 Å². The number of anilines is 1. The van der Waals surface area contributed by atoms with Crippen molar-refractivity contribution >= 4 is 29.0 Å². The topological polar surface area (TPSA) is 46.2 Å². The fourth-order valence-electron chi connectivity index (χ4n) is 2.54. The van der Waals surface area contributed by atoms with Crippen molar-refractivity contribution in [3.63, 3.8) is 0 Å². The predicted octanol–water partition coefficient (Wildman–Crippen LogP) is 3.35. The molecule has 3 nitrogen and oxygen atoms in total. The number of amides is 1. The quantitative estimate of drug-likeness (QED) is 0.683. The number of ketones is 1. The summed E-state index contributed by atoms with van der Waals surface area (Å²) in [6.45, 7) is 1.91. The van der Waals surface area contributed by atoms with Gasteiger partial charge >= 0.3 is 0 Å². The van der Waals surface area contributed by atoms with Crippen molar-refractivity contribution in [1.29, 1.82) is 0 Å². The number of carbonyl (C=O) groups is 2. The molecule has 0 saturated heterocycles. The van der Waals surface area contributed by atoms with Gasteiger partial charge in [0.15, 0.2) is 10.7 Å². The summed E-state index contributed by atoms with van der Waals surface area (Å²) < 4.78 is 0. The third-order valence-electron chi connectivity index (χ3n) is 3.68. The SMILES string of the molecule is Cc1ccc2c(c1)NC(=O)C(Cl)(Cc1ccccc1)C2=O. The summed E-state index contributed by atoms with van der Waals surface area (Å²) in [5.74, 6) is -0.803. The van der Waals surface area contributed by atoms with Gasteiger partial charge in [0, 0.05) is 12.0 Å². The molecule has 0 fully saturated rings. The summed E-state index contributed by atoms with van der Waals surface area (Å²) in [5.41, 5.74) is 2.83. The normalized spacial score (nSPS) is 20.9. The first-order valence-electron chi connectivity index (χ1n) is 6.70. The number of fused-ring (bicyclic) bond motifs is 1. The number of rotatable bonds is 2. The zero-order valence-corrected chi connectivity index (χ0v) is 12.3. The maximum absolute atomic E-state index is 12.7. The highest BCUT2D eigenvalue weighted by Crippen LogP contribution is 2.35. The molecule has 2 aromatic rings. The van der Waals surface area contributed by atoms with Crippen LogP contribution in [0.15, 0.2) is 48.5 Å². The average Bonchev–Trinajstić information content (AvgIpc) is 2.46. The summed E-state index contributed by atoms with van der Waals surface area (Å²) in [5, 5.41) is 2.75. The highest BCUT2D eigenvalue weighted by Gasteiger charge is 2.48. The first-order chi connectivity index (χ1) is 10.0. The number of benzene rings is 2. The minimum absolute atomic E-state index is 0.174. The van der Waals surface area contributed by atoms with Crippen molar-refractivity contribution in [2.45, 2.75) is 18.2 Å². The molecule has 0 aromatic heterocycles. The molecule has 3 rings (SSSR count). The molecule has 1 N–H and O–H groups in total. The van der Waals surface area contributed by atoms with Crippen LogP contribution in [0.3, 0.4) is 0 Å². The second-order valence-electron chi connectivity index (χ2n) is 5.30. The van der Waals surface area contributed by atoms with E-state index in [1.165, 1.54) is 0 Å². The predicted molar refractivity (Wildman–Crippen MR) is 82.9 cm³/mol. The maximum Gasteiger partial charge on any atom is 0.253 e. The Balaban J connectivity index is 2.02. The first kappa shape index (κ1) is 13.8. The number of hydrogen-bond donors (Lipinski definition) is 1. The van der Waals surface area contributed by atoms with Crippen LogP contribution < -0.4 is 5.32 Å². The molecule has 1 unspecified atom stereocenters. The van der Waals surface area contributed by atoms with E-state index >= 15 is 0 Å². The monoisotopic (exact) mass is 299 g/mol. The third kappa shape index (κ3) is 2.34. The van der Waals surface area contributed by atoms with Crippen molar-refractivity contribution < 1.29 is 9.59 Å². The van der Waals surface area contributed by atoms with Gasteiger partial charge in [-0.1, -0.05) is 48.0 Å². The van der Waals surface area contributed by atoms with Crippen molar-refractivity contribution in [3.05, 3.63) is 65.2 Å². The molecular weight excluding hydrogens is 286 g/mol. The summed E-state index contributed by atoms with van der Waals surface area (Å²) in [7, 11) is 0. The van der Waals surface area contributed by atoms with Crippen LogP contribution in [0.4, 0.5) is 5.69 Å². The Morgan fingerprint density at radius 1 is 1.10 bits per heavy atom. The van der Waals surface area contributed by atoms with Gasteiger partial charge in [0.2, 0.25) is 0 Å². The van der Waals surface area contributed by atoms with Crippen LogP contribution >= 0.6 is 11.6 Å². The average molecular weight is 300 g/mol. The molecule has 0 aliphatic carbocycles. The zero-order chi connectivity index (χ0) is 15.0. The fraction of sp³-hybridized carbons (Fsp3) is 0.176. The second-order valence-corrected chi connectivity index (χ2v) is 5.94. The highest BCUT2D eigenvalue weighted by molar-refractivity contribution is 6.52. The van der Waals surface area contributed by atoms with Crippen LogP contribution in [0.1, 0.15) is 21.5 Å². The number of alkyl halides is 1. The zero-order valence-electron chi connectivity index (χ0n) is 11.5. The molecule has 106 valence electrons. The molecule has 0 radical (unpaired) electrons. The molecule has 1 atom stereocenters. The van der Waals surface area contributed by atoms with E-state index in [1.807, 2.05) is 43.3 Å². The van der Waals surface area contributed by atoms with E-state index in [4.69, 9.17) is 11.6 Å². The Bertz CT molecular complexity index is 727. The van der Waals surface area contributed by atoms with Gasteiger partial charge in [-0.3, -0.25) is 9.59 Å². The van der Waals surface area contributed by atoms with Gasteiger partial charge in [0.05, 0.1) is 5.69 Å². The Kier molecular flexibility index (Phi) is 3.30. The number of Topliss-reactive ketones (excluding diaryl/α,β-unsaturated/α-hetero) is 1. The van der Waals surface area contributed by atoms with Gasteiger partial charge in [-0.25, -0.2) is 0 Å². The molecule has 1 amide bonds. The lowest BCUT2D eigenvalue weighted by molar-refractivity contribution is -0.117. The van der Waals surface area contributed by atoms with E-state index < -0.39 is 10.8 Å². The van der Waals surface area contributed by atoms with E-state index in [-0.39, 0.29) is 12.2 Å². The lowest BCUT2D eigenvalue weighted by Crippen LogP contribution is -2.50. The van der Waals surface area contributed by atoms with Gasteiger partial charge in [-0.15, -0.1) is 0 Å². The van der Waals surface area contributed by atoms with Crippen molar-refractivity contribution in [1.82, 2.24) is 0 Å². The largest absolute Gasteiger partial charge is 0.323 e. The van der Waals surface area contributed by atoms with Crippen LogP contribution in [0.2, 0.25) is 0 Å². The van der Waals surface area contributed by atoms with E-state index in [9.17, 15) is 9.59 Å². The molecule has 1 aliphatic rings. The summed E-state index contributed by atoms with van der Waals surface area (Å²) in [6.07, 6.45) is 0.174. The standard InChI is InChI=1S/C17H14ClNO2/c1-11-7-8-13-14(9-11)19-16(21)17(18,15(13)20)10-12-5-3-2-4-6-12/h2-9H,10H2,1H3,(H,19,21). The second kappa shape index (κ2) is 5.01. The molecular formula is C17H14ClNO2. The molecule has 1 heterocycles. The van der Waals surface area contributed by atoms with Gasteiger partial charge in [-0.2, -0.15) is 0 Å². The molecule has 1 aliphatic heterocycles. The summed E-state index contributed by atoms with van der Waals surface area (Å²) in [4.78, 5) is 23.4. The number of aryl methyl sites for hydroxylation is 1. The Morgan fingerprint density at radius 2 is 1.81 bits per heavy atom. The molecule has 4 heteroatoms. The van der Waals surface area contributed by atoms with Crippen molar-refractivity contribution in [2.24, 2.45) is 0 Å². The molecule has 0 saturated carbocycles. The first-order valence-corrected chi connectivity index (χ1v) is 7.08. The Labute approximate surface area is 127 Å². The van der Waals surface area contributed by atoms with E-state index in [0.29, 0.717) is 11.3 Å². The van der Waals surface area contributed by atoms with Crippen molar-refractivity contribution in [2.75, 3.05) is 5.32 Å². The minimum atomic E-state index is -1.58. The summed E-state index contributed by atoms with van der Waals surface area (Å²) in [6, 6.07) is 14.7. The third-order valence-corrected chi connectivity index (χ3v) is 4.16. The highest BCUT2D eigenvalue weighted by atomic mass is 35.5. The number of hydrogen-bond acceptors (Lipinski definition) is 2. The number of halogens is 1. The number of nitrogens with one attached hydrogen (secondary N) is 1. The molecule has 2 aromatic carbocycles. The van der Waals surface area contributed by atoms with Crippen LogP contribution in [-0.4, -0.2) is 16.6 Å². The lowest BCUT2D eigenvalue weighted by Gasteiger charge is -2.30. The maximum atomic E-state index is 12.7. The summed E-state index contributed by atoms with van der Waals surface area (Å²) >= 11 is 6.42. The van der Waals surface area contributed by atoms with Crippen LogP contribution in [0, 0.1) is 6.92 Å². The van der Waals surface area contributed by atoms with Gasteiger partial charge < -0.3 is 5.32 Å². The van der Waals surface area contributed by atoms with Gasteiger partial charge in [-0.05, 0) is 30.2 Å². The Morgan fingerprint density at radius 3 is 2.52 bits per heavy atom. The van der Waals surface area contributed by atoms with E-state index in [0.717, 1.165) is 11.1 Å². The van der Waals surface area contributed by atoms with Gasteiger partial charge in [0.1, 0.15) is 0 Å². The smallest absolute Gasteiger partial charge is 0.253 e. The van der Waals surface area contributed by atoms with E-state index in [1.54, 1.807) is 12.1 Å². The van der Waals surface area contributed by atoms with Crippen LogP contribution in [0.25, 0.3) is 0 Å². The minimum Gasteiger partial charge on any atom is -0.323 e. The molecule has 0 bridgehead atoms. The number of carbonyl (C=O) groups excluding carboxylic acids is 2. The fourth-order valence-corrected chi connectivity index (χ4v) is 2.84. The Hall–Kier alpha value is -2.13. The molecule has 0 spiro atoms. The lowest BCUT2D eigenvalue weighted by atomic mass is 9.85. The molecule has 21 heavy (non-hydrogen) atoms. The van der Waals surface area contributed by atoms with Crippen molar-refractivity contribution in [3.8, 4) is 0 Å².